The van der Waals surface area contributed by atoms with E-state index in [9.17, 15) is 5.11 Å². The van der Waals surface area contributed by atoms with E-state index in [0.717, 1.165) is 13.0 Å². The first kappa shape index (κ1) is 7.92. The minimum absolute atomic E-state index is 0.658. The number of aliphatic hydroxyl groups is 1. The maximum atomic E-state index is 9.21. The first-order valence-corrected chi connectivity index (χ1v) is 3.09. The Morgan fingerprint density at radius 3 is 2.12 bits per heavy atom. The van der Waals surface area contributed by atoms with E-state index in [-0.39, 0.29) is 0 Å². The Morgan fingerprint density at radius 2 is 2.00 bits per heavy atom. The van der Waals surface area contributed by atoms with Crippen molar-refractivity contribution in [1.29, 1.82) is 0 Å². The molecule has 0 aliphatic rings. The molecule has 0 aliphatic heterocycles. The molecule has 2 N–H and O–H groups in total. The van der Waals surface area contributed by atoms with E-state index in [4.69, 9.17) is 0 Å². The largest absolute Gasteiger partial charge is 0.376 e. The lowest BCUT2D eigenvalue weighted by Crippen LogP contribution is -2.41. The molecule has 0 bridgehead atoms. The Hall–Kier alpha value is -0.0800. The first-order chi connectivity index (χ1) is 3.62. The van der Waals surface area contributed by atoms with E-state index in [1.54, 1.807) is 6.92 Å². The summed E-state index contributed by atoms with van der Waals surface area (Å²) in [6, 6.07) is 0. The summed E-state index contributed by atoms with van der Waals surface area (Å²) in [4.78, 5) is 0. The molecule has 1 atom stereocenters. The second kappa shape index (κ2) is 3.05. The first-order valence-electron chi connectivity index (χ1n) is 3.09. The fourth-order valence-electron chi connectivity index (χ4n) is 0.506. The molecule has 0 saturated carbocycles. The van der Waals surface area contributed by atoms with Gasteiger partial charge in [0.05, 0.1) is 0 Å². The summed E-state index contributed by atoms with van der Waals surface area (Å²) in [7, 11) is 0. The van der Waals surface area contributed by atoms with Crippen molar-refractivity contribution in [3.63, 3.8) is 0 Å². The van der Waals surface area contributed by atoms with Crippen LogP contribution >= 0.6 is 0 Å². The molecule has 0 aromatic carbocycles. The molecule has 2 nitrogen and oxygen atoms in total. The zero-order valence-electron chi connectivity index (χ0n) is 5.86. The van der Waals surface area contributed by atoms with Crippen LogP contribution in [0.25, 0.3) is 0 Å². The van der Waals surface area contributed by atoms with Gasteiger partial charge in [-0.2, -0.15) is 0 Å². The topological polar surface area (TPSA) is 32.3 Å². The molecule has 8 heavy (non-hydrogen) atoms. The summed E-state index contributed by atoms with van der Waals surface area (Å²) in [6.45, 7) is 6.52. The fraction of sp³-hybridized carbons (Fsp3) is 1.00. The minimum Gasteiger partial charge on any atom is -0.376 e. The lowest BCUT2D eigenvalue weighted by atomic mass is 10.2. The second-order valence-electron chi connectivity index (χ2n) is 2.16. The standard InChI is InChI=1S/C6H15NO/c1-4-6(3,8)7-5-2/h7-8H,4-5H2,1-3H3/t6-/m1/s1. The van der Waals surface area contributed by atoms with Gasteiger partial charge in [0, 0.05) is 0 Å². The van der Waals surface area contributed by atoms with Crippen molar-refractivity contribution in [3.8, 4) is 0 Å². The number of rotatable bonds is 3. The summed E-state index contributed by atoms with van der Waals surface area (Å²) in [5.41, 5.74) is -0.658. The molecular formula is C6H15NO. The van der Waals surface area contributed by atoms with Gasteiger partial charge in [0.15, 0.2) is 0 Å². The van der Waals surface area contributed by atoms with Crippen molar-refractivity contribution in [3.05, 3.63) is 0 Å². The molecule has 2 heteroatoms. The maximum Gasteiger partial charge on any atom is 0.112 e. The van der Waals surface area contributed by atoms with E-state index < -0.39 is 5.72 Å². The molecule has 0 fully saturated rings. The summed E-state index contributed by atoms with van der Waals surface area (Å²) in [6.07, 6.45) is 0.751. The van der Waals surface area contributed by atoms with Crippen LogP contribution < -0.4 is 5.32 Å². The van der Waals surface area contributed by atoms with Crippen LogP contribution in [-0.2, 0) is 0 Å². The molecule has 0 aliphatic carbocycles. The third-order valence-electron chi connectivity index (χ3n) is 1.25. The molecule has 0 radical (unpaired) electrons. The highest BCUT2D eigenvalue weighted by molar-refractivity contribution is 4.64. The van der Waals surface area contributed by atoms with Gasteiger partial charge in [0.1, 0.15) is 5.72 Å². The third kappa shape index (κ3) is 2.99. The fourth-order valence-corrected chi connectivity index (χ4v) is 0.506. The minimum atomic E-state index is -0.658. The number of nitrogens with one attached hydrogen (secondary N) is 1. The van der Waals surface area contributed by atoms with Crippen LogP contribution in [0.2, 0.25) is 0 Å². The van der Waals surface area contributed by atoms with Gasteiger partial charge in [0.2, 0.25) is 0 Å². The van der Waals surface area contributed by atoms with Gasteiger partial charge in [-0.1, -0.05) is 13.8 Å². The SMILES string of the molecule is CCN[C@](C)(O)CC. The average molecular weight is 117 g/mol. The molecule has 0 spiro atoms. The van der Waals surface area contributed by atoms with E-state index in [1.165, 1.54) is 0 Å². The molecule has 0 aromatic heterocycles. The lowest BCUT2D eigenvalue weighted by molar-refractivity contribution is 0.0223. The van der Waals surface area contributed by atoms with Crippen molar-refractivity contribution >= 4 is 0 Å². The van der Waals surface area contributed by atoms with Gasteiger partial charge in [-0.05, 0) is 19.9 Å². The van der Waals surface area contributed by atoms with Gasteiger partial charge in [-0.25, -0.2) is 0 Å². The van der Waals surface area contributed by atoms with Gasteiger partial charge in [0.25, 0.3) is 0 Å². The van der Waals surface area contributed by atoms with Crippen LogP contribution in [0.15, 0.2) is 0 Å². The summed E-state index contributed by atoms with van der Waals surface area (Å²) >= 11 is 0. The van der Waals surface area contributed by atoms with Crippen LogP contribution in [0.3, 0.4) is 0 Å². The van der Waals surface area contributed by atoms with Crippen molar-refractivity contribution in [2.45, 2.75) is 32.9 Å². The summed E-state index contributed by atoms with van der Waals surface area (Å²) in [5.74, 6) is 0. The number of hydrogen-bond acceptors (Lipinski definition) is 2. The predicted octanol–water partition coefficient (Wildman–Crippen LogP) is 0.714. The van der Waals surface area contributed by atoms with E-state index in [0.29, 0.717) is 0 Å². The van der Waals surface area contributed by atoms with E-state index in [1.807, 2.05) is 13.8 Å². The van der Waals surface area contributed by atoms with Gasteiger partial charge < -0.3 is 5.11 Å². The van der Waals surface area contributed by atoms with Crippen molar-refractivity contribution in [2.75, 3.05) is 6.54 Å². The van der Waals surface area contributed by atoms with Crippen LogP contribution in [0, 0.1) is 0 Å². The molecule has 0 saturated heterocycles. The zero-order valence-corrected chi connectivity index (χ0v) is 5.86. The molecule has 0 amide bonds. The lowest BCUT2D eigenvalue weighted by Gasteiger charge is -2.21. The van der Waals surface area contributed by atoms with Gasteiger partial charge in [-0.3, -0.25) is 5.32 Å². The van der Waals surface area contributed by atoms with Crippen molar-refractivity contribution in [1.82, 2.24) is 5.32 Å². The number of hydrogen-bond donors (Lipinski definition) is 2. The molecule has 50 valence electrons. The van der Waals surface area contributed by atoms with Crippen LogP contribution in [-0.4, -0.2) is 17.4 Å². The molecular weight excluding hydrogens is 102 g/mol. The summed E-state index contributed by atoms with van der Waals surface area (Å²) < 4.78 is 0. The Balaban J connectivity index is 3.37. The smallest absolute Gasteiger partial charge is 0.112 e. The Kier molecular flexibility index (Phi) is 3.02. The summed E-state index contributed by atoms with van der Waals surface area (Å²) in [5, 5.41) is 12.1. The van der Waals surface area contributed by atoms with Gasteiger partial charge in [-0.15, -0.1) is 0 Å². The Labute approximate surface area is 50.9 Å². The highest BCUT2D eigenvalue weighted by atomic mass is 16.3. The quantitative estimate of drug-likeness (QED) is 0.534. The molecule has 0 rings (SSSR count). The monoisotopic (exact) mass is 117 g/mol. The van der Waals surface area contributed by atoms with Gasteiger partial charge >= 0.3 is 0 Å². The van der Waals surface area contributed by atoms with Crippen molar-refractivity contribution in [2.24, 2.45) is 0 Å². The van der Waals surface area contributed by atoms with Crippen LogP contribution in [0.5, 0.6) is 0 Å². The molecule has 0 aromatic rings. The molecule has 0 heterocycles. The second-order valence-corrected chi connectivity index (χ2v) is 2.16. The zero-order chi connectivity index (χ0) is 6.62. The van der Waals surface area contributed by atoms with Crippen molar-refractivity contribution < 1.29 is 5.11 Å². The van der Waals surface area contributed by atoms with Crippen LogP contribution in [0.4, 0.5) is 0 Å². The predicted molar refractivity (Wildman–Crippen MR) is 34.6 cm³/mol. The maximum absolute atomic E-state index is 9.21. The normalized spacial score (nSPS) is 18.0. The van der Waals surface area contributed by atoms with Crippen LogP contribution in [0.1, 0.15) is 27.2 Å². The molecule has 0 unspecified atom stereocenters. The Bertz CT molecular complexity index is 61.5. The Morgan fingerprint density at radius 1 is 1.50 bits per heavy atom. The highest BCUT2D eigenvalue weighted by Crippen LogP contribution is 2.00. The van der Waals surface area contributed by atoms with E-state index >= 15 is 0 Å². The highest BCUT2D eigenvalue weighted by Gasteiger charge is 2.13. The van der Waals surface area contributed by atoms with E-state index in [2.05, 4.69) is 5.32 Å². The third-order valence-corrected chi connectivity index (χ3v) is 1.25. The average Bonchev–Trinajstić information content (AvgIpc) is 1.67.